The van der Waals surface area contributed by atoms with Crippen LogP contribution in [0.15, 0.2) is 6.20 Å². The van der Waals surface area contributed by atoms with Gasteiger partial charge in [-0.05, 0) is 25.8 Å². The number of nitrogens with zero attached hydrogens (tertiary/aromatic N) is 3. The smallest absolute Gasteiger partial charge is 0.0537 e. The molecule has 2 atom stereocenters. The Labute approximate surface area is 97.4 Å². The summed E-state index contributed by atoms with van der Waals surface area (Å²) in [5.41, 5.74) is 8.63. The summed E-state index contributed by atoms with van der Waals surface area (Å²) in [4.78, 5) is 2.48. The Hall–Kier alpha value is -0.870. The van der Waals surface area contributed by atoms with Gasteiger partial charge in [-0.15, -0.1) is 0 Å². The fourth-order valence-electron chi connectivity index (χ4n) is 2.33. The average molecular weight is 222 g/mol. The number of likely N-dealkylation sites (tertiary alicyclic amines) is 1. The molecule has 2 unspecified atom stereocenters. The molecule has 2 N–H and O–H groups in total. The number of hydrogen-bond donors (Lipinski definition) is 1. The van der Waals surface area contributed by atoms with Crippen molar-refractivity contribution in [3.05, 3.63) is 17.5 Å². The molecule has 0 radical (unpaired) electrons. The maximum absolute atomic E-state index is 6.02. The molecule has 0 aliphatic carbocycles. The van der Waals surface area contributed by atoms with Crippen LogP contribution in [0.4, 0.5) is 0 Å². The van der Waals surface area contributed by atoms with Crippen molar-refractivity contribution in [2.75, 3.05) is 13.1 Å². The van der Waals surface area contributed by atoms with Crippen LogP contribution in [0.5, 0.6) is 0 Å². The van der Waals surface area contributed by atoms with E-state index in [0.717, 1.165) is 26.1 Å². The molecule has 0 aromatic carbocycles. The first-order valence-corrected chi connectivity index (χ1v) is 6.03. The second-order valence-electron chi connectivity index (χ2n) is 5.04. The molecule has 1 aliphatic heterocycles. The fourth-order valence-corrected chi connectivity index (χ4v) is 2.33. The van der Waals surface area contributed by atoms with Gasteiger partial charge >= 0.3 is 0 Å². The lowest BCUT2D eigenvalue weighted by Crippen LogP contribution is -2.45. The van der Waals surface area contributed by atoms with E-state index in [1.165, 1.54) is 11.3 Å². The number of nitrogens with two attached hydrogens (primary N) is 1. The number of hydrogen-bond acceptors (Lipinski definition) is 3. The fraction of sp³-hybridized carbons (Fsp3) is 0.750. The lowest BCUT2D eigenvalue weighted by molar-refractivity contribution is 0.157. The molecule has 4 heteroatoms. The molecule has 1 fully saturated rings. The van der Waals surface area contributed by atoms with Crippen LogP contribution >= 0.6 is 0 Å². The minimum Gasteiger partial charge on any atom is -0.327 e. The Kier molecular flexibility index (Phi) is 3.30. The summed E-state index contributed by atoms with van der Waals surface area (Å²) in [5.74, 6) is 0.603. The minimum absolute atomic E-state index is 0.381. The van der Waals surface area contributed by atoms with E-state index in [-0.39, 0.29) is 0 Å². The van der Waals surface area contributed by atoms with Crippen molar-refractivity contribution in [1.82, 2.24) is 14.7 Å². The highest BCUT2D eigenvalue weighted by Crippen LogP contribution is 2.18. The topological polar surface area (TPSA) is 47.1 Å². The van der Waals surface area contributed by atoms with Crippen LogP contribution in [0.25, 0.3) is 0 Å². The molecule has 1 aromatic heterocycles. The van der Waals surface area contributed by atoms with Crippen molar-refractivity contribution >= 4 is 0 Å². The summed E-state index contributed by atoms with van der Waals surface area (Å²) in [7, 11) is 1.99. The van der Waals surface area contributed by atoms with E-state index in [1.807, 2.05) is 17.9 Å². The third-order valence-electron chi connectivity index (χ3n) is 3.79. The van der Waals surface area contributed by atoms with Crippen LogP contribution in [0, 0.1) is 12.8 Å². The van der Waals surface area contributed by atoms with Crippen molar-refractivity contribution in [1.29, 1.82) is 0 Å². The average Bonchev–Trinajstić information content (AvgIpc) is 2.55. The maximum atomic E-state index is 6.02. The van der Waals surface area contributed by atoms with Crippen molar-refractivity contribution in [2.24, 2.45) is 18.7 Å². The van der Waals surface area contributed by atoms with Gasteiger partial charge in [-0.3, -0.25) is 9.58 Å². The Morgan fingerprint density at radius 2 is 2.31 bits per heavy atom. The van der Waals surface area contributed by atoms with E-state index in [2.05, 4.69) is 23.8 Å². The predicted octanol–water partition coefficient (Wildman–Crippen LogP) is 0.898. The predicted molar refractivity (Wildman–Crippen MR) is 65.0 cm³/mol. The SMILES string of the molecule is Cc1c(CN2CCC(N)C(C)C2)cnn1C. The Balaban J connectivity index is 1.98. The lowest BCUT2D eigenvalue weighted by Gasteiger charge is -2.34. The molecule has 0 spiro atoms. The first kappa shape index (κ1) is 11.6. The first-order valence-electron chi connectivity index (χ1n) is 6.03. The van der Waals surface area contributed by atoms with Crippen LogP contribution < -0.4 is 5.73 Å². The van der Waals surface area contributed by atoms with Gasteiger partial charge in [0.15, 0.2) is 0 Å². The monoisotopic (exact) mass is 222 g/mol. The first-order chi connectivity index (χ1) is 7.58. The molecule has 1 saturated heterocycles. The second-order valence-corrected chi connectivity index (χ2v) is 5.04. The number of aromatic nitrogens is 2. The van der Waals surface area contributed by atoms with E-state index in [0.29, 0.717) is 12.0 Å². The third kappa shape index (κ3) is 2.28. The molecule has 0 saturated carbocycles. The second kappa shape index (κ2) is 4.55. The van der Waals surface area contributed by atoms with E-state index in [1.54, 1.807) is 0 Å². The zero-order chi connectivity index (χ0) is 11.7. The lowest BCUT2D eigenvalue weighted by atomic mass is 9.94. The van der Waals surface area contributed by atoms with Gasteiger partial charge in [0.2, 0.25) is 0 Å². The largest absolute Gasteiger partial charge is 0.327 e. The molecule has 2 rings (SSSR count). The molecule has 0 bridgehead atoms. The van der Waals surface area contributed by atoms with E-state index in [9.17, 15) is 0 Å². The minimum atomic E-state index is 0.381. The van der Waals surface area contributed by atoms with E-state index < -0.39 is 0 Å². The van der Waals surface area contributed by atoms with E-state index >= 15 is 0 Å². The highest BCUT2D eigenvalue weighted by atomic mass is 15.3. The molecule has 0 amide bonds. The summed E-state index contributed by atoms with van der Waals surface area (Å²) >= 11 is 0. The third-order valence-corrected chi connectivity index (χ3v) is 3.79. The normalized spacial score (nSPS) is 27.2. The summed E-state index contributed by atoms with van der Waals surface area (Å²) < 4.78 is 1.94. The van der Waals surface area contributed by atoms with Crippen molar-refractivity contribution < 1.29 is 0 Å². The molecular formula is C12H22N4. The molecule has 4 nitrogen and oxygen atoms in total. The quantitative estimate of drug-likeness (QED) is 0.808. The summed E-state index contributed by atoms with van der Waals surface area (Å²) in [6, 6.07) is 0.381. The summed E-state index contributed by atoms with van der Waals surface area (Å²) in [6.07, 6.45) is 3.09. The number of rotatable bonds is 2. The molecule has 1 aromatic rings. The number of aryl methyl sites for hydroxylation is 1. The van der Waals surface area contributed by atoms with Crippen LogP contribution in [0.2, 0.25) is 0 Å². The van der Waals surface area contributed by atoms with Gasteiger partial charge in [-0.1, -0.05) is 6.92 Å². The zero-order valence-corrected chi connectivity index (χ0v) is 10.5. The Morgan fingerprint density at radius 1 is 1.56 bits per heavy atom. The zero-order valence-electron chi connectivity index (χ0n) is 10.5. The molecular weight excluding hydrogens is 200 g/mol. The summed E-state index contributed by atoms with van der Waals surface area (Å²) in [6.45, 7) is 7.60. The van der Waals surface area contributed by atoms with Crippen molar-refractivity contribution in [3.63, 3.8) is 0 Å². The van der Waals surface area contributed by atoms with Crippen LogP contribution in [0.1, 0.15) is 24.6 Å². The van der Waals surface area contributed by atoms with Crippen LogP contribution in [-0.2, 0) is 13.6 Å². The standard InChI is InChI=1S/C12H22N4/c1-9-7-16(5-4-12(9)13)8-11-6-14-15(3)10(11)2/h6,9,12H,4-5,7-8,13H2,1-3H3. The van der Waals surface area contributed by atoms with Gasteiger partial charge in [0, 0.05) is 37.4 Å². The van der Waals surface area contributed by atoms with Gasteiger partial charge < -0.3 is 5.73 Å². The van der Waals surface area contributed by atoms with Gasteiger partial charge in [0.1, 0.15) is 0 Å². The Morgan fingerprint density at radius 3 is 2.88 bits per heavy atom. The van der Waals surface area contributed by atoms with Gasteiger partial charge in [0.25, 0.3) is 0 Å². The van der Waals surface area contributed by atoms with Crippen molar-refractivity contribution in [2.45, 2.75) is 32.9 Å². The molecule has 2 heterocycles. The van der Waals surface area contributed by atoms with Gasteiger partial charge in [-0.2, -0.15) is 5.10 Å². The number of piperidine rings is 1. The highest BCUT2D eigenvalue weighted by Gasteiger charge is 2.23. The molecule has 1 aliphatic rings. The van der Waals surface area contributed by atoms with Crippen molar-refractivity contribution in [3.8, 4) is 0 Å². The van der Waals surface area contributed by atoms with Gasteiger partial charge in [0.05, 0.1) is 6.20 Å². The van der Waals surface area contributed by atoms with Crippen LogP contribution in [0.3, 0.4) is 0 Å². The summed E-state index contributed by atoms with van der Waals surface area (Å²) in [5, 5.41) is 4.28. The van der Waals surface area contributed by atoms with Crippen LogP contribution in [-0.4, -0.2) is 33.8 Å². The highest BCUT2D eigenvalue weighted by molar-refractivity contribution is 5.15. The molecule has 90 valence electrons. The molecule has 16 heavy (non-hydrogen) atoms. The maximum Gasteiger partial charge on any atom is 0.0537 e. The van der Waals surface area contributed by atoms with Gasteiger partial charge in [-0.25, -0.2) is 0 Å². The Bertz CT molecular complexity index is 358. The van der Waals surface area contributed by atoms with E-state index in [4.69, 9.17) is 5.73 Å².